The third kappa shape index (κ3) is 9.59. The molecule has 0 aliphatic carbocycles. The summed E-state index contributed by atoms with van der Waals surface area (Å²) in [6.45, 7) is 2.07. The summed E-state index contributed by atoms with van der Waals surface area (Å²) in [5.41, 5.74) is 5.65. The van der Waals surface area contributed by atoms with Crippen molar-refractivity contribution >= 4 is 23.8 Å². The molecular formula is C37H40N2O7S. The van der Waals surface area contributed by atoms with Crippen LogP contribution in [0.1, 0.15) is 48.0 Å². The van der Waals surface area contributed by atoms with Gasteiger partial charge < -0.3 is 34.7 Å². The lowest BCUT2D eigenvalue weighted by Gasteiger charge is -2.36. The van der Waals surface area contributed by atoms with Crippen molar-refractivity contribution in [1.82, 2.24) is 10.6 Å². The number of rotatable bonds is 13. The third-order valence-corrected chi connectivity index (χ3v) is 8.87. The molecule has 246 valence electrons. The minimum absolute atomic E-state index is 0.0115. The van der Waals surface area contributed by atoms with E-state index in [2.05, 4.69) is 22.8 Å². The van der Waals surface area contributed by atoms with Crippen molar-refractivity contribution < 1.29 is 33.6 Å². The Kier molecular flexibility index (Phi) is 12.3. The Morgan fingerprint density at radius 3 is 2.40 bits per heavy atom. The lowest BCUT2D eigenvalue weighted by molar-refractivity contribution is -0.245. The average Bonchev–Trinajstić information content (AvgIpc) is 3.12. The molecule has 0 aromatic heterocycles. The van der Waals surface area contributed by atoms with E-state index in [9.17, 15) is 14.7 Å². The number of carbonyl (C=O) groups is 2. The summed E-state index contributed by atoms with van der Waals surface area (Å²) in [4.78, 5) is 24.7. The summed E-state index contributed by atoms with van der Waals surface area (Å²) in [5.74, 6) is 1.07. The molecule has 0 spiro atoms. The van der Waals surface area contributed by atoms with E-state index in [1.165, 1.54) is 0 Å². The van der Waals surface area contributed by atoms with Gasteiger partial charge in [0.2, 0.25) is 0 Å². The molecule has 3 atom stereocenters. The highest BCUT2D eigenvalue weighted by molar-refractivity contribution is 7.99. The first-order valence-corrected chi connectivity index (χ1v) is 16.6. The van der Waals surface area contributed by atoms with Crippen LogP contribution in [0.5, 0.6) is 5.75 Å². The predicted octanol–water partition coefficient (Wildman–Crippen LogP) is 6.55. The number of aliphatic hydroxyl groups excluding tert-OH is 1. The Morgan fingerprint density at radius 1 is 0.872 bits per heavy atom. The van der Waals surface area contributed by atoms with E-state index >= 15 is 0 Å². The van der Waals surface area contributed by atoms with Crippen molar-refractivity contribution in [2.45, 2.75) is 49.9 Å². The number of nitrogens with one attached hydrogen (secondary N) is 2. The van der Waals surface area contributed by atoms with Crippen molar-refractivity contribution in [3.05, 3.63) is 119 Å². The number of aliphatic hydroxyl groups is 1. The van der Waals surface area contributed by atoms with Crippen LogP contribution in [0, 0.1) is 0 Å². The highest BCUT2D eigenvalue weighted by atomic mass is 32.2. The quantitative estimate of drug-likeness (QED) is 0.110. The summed E-state index contributed by atoms with van der Waals surface area (Å²) < 4.78 is 23.6. The summed E-state index contributed by atoms with van der Waals surface area (Å²) >= 11 is 1.70. The minimum Gasteiger partial charge on any atom is -0.496 e. The van der Waals surface area contributed by atoms with E-state index in [0.717, 1.165) is 44.0 Å². The van der Waals surface area contributed by atoms with Crippen LogP contribution in [-0.4, -0.2) is 49.2 Å². The Labute approximate surface area is 279 Å². The van der Waals surface area contributed by atoms with Gasteiger partial charge in [0.05, 0.1) is 32.5 Å². The number of carbonyl (C=O) groups excluding carboxylic acids is 2. The molecule has 0 radical (unpaired) electrons. The second kappa shape index (κ2) is 17.0. The molecule has 1 aliphatic heterocycles. The van der Waals surface area contributed by atoms with Gasteiger partial charge in [-0.25, -0.2) is 4.79 Å². The lowest BCUT2D eigenvalue weighted by atomic mass is 9.99. The minimum atomic E-state index is -0.595. The molecule has 9 nitrogen and oxygen atoms in total. The predicted molar refractivity (Wildman–Crippen MR) is 181 cm³/mol. The van der Waals surface area contributed by atoms with Gasteiger partial charge in [-0.1, -0.05) is 72.8 Å². The molecule has 1 heterocycles. The molecular weight excluding hydrogens is 616 g/mol. The molecule has 3 N–H and O–H groups in total. The van der Waals surface area contributed by atoms with E-state index in [1.54, 1.807) is 25.8 Å². The van der Waals surface area contributed by atoms with Crippen LogP contribution in [0.4, 0.5) is 4.79 Å². The zero-order chi connectivity index (χ0) is 33.0. The average molecular weight is 657 g/mol. The van der Waals surface area contributed by atoms with Crippen LogP contribution in [0.15, 0.2) is 102 Å². The largest absolute Gasteiger partial charge is 0.496 e. The highest BCUT2D eigenvalue weighted by Crippen LogP contribution is 2.41. The van der Waals surface area contributed by atoms with E-state index in [0.29, 0.717) is 18.7 Å². The van der Waals surface area contributed by atoms with Gasteiger partial charge in [0, 0.05) is 29.2 Å². The Bertz CT molecular complexity index is 1630. The number of amides is 2. The maximum Gasteiger partial charge on any atom is 0.325 e. The van der Waals surface area contributed by atoms with Gasteiger partial charge in [-0.05, 0) is 59.0 Å². The van der Waals surface area contributed by atoms with Gasteiger partial charge >= 0.3 is 12.0 Å². The van der Waals surface area contributed by atoms with E-state index in [-0.39, 0.29) is 32.0 Å². The van der Waals surface area contributed by atoms with Crippen LogP contribution in [-0.2, 0) is 32.2 Å². The number of thioether (sulfide) groups is 1. The van der Waals surface area contributed by atoms with E-state index < -0.39 is 18.3 Å². The lowest BCUT2D eigenvalue weighted by Crippen LogP contribution is -2.38. The fourth-order valence-electron chi connectivity index (χ4n) is 5.28. The fourth-order valence-corrected chi connectivity index (χ4v) is 6.33. The first kappa shape index (κ1) is 34.0. The van der Waals surface area contributed by atoms with Gasteiger partial charge in [-0.2, -0.15) is 0 Å². The van der Waals surface area contributed by atoms with Crippen molar-refractivity contribution in [3.8, 4) is 16.9 Å². The number of methoxy groups -OCH3 is 1. The standard InChI is InChI=1S/C37H40N2O7S/c1-3-44-35(41)22-39-37(42)38-21-26-8-6-9-28(18-26)29-10-7-11-30(19-29)36-45-31(24-47-34-13-5-4-12-32(34)43-2)20-33(46-36)27-16-14-25(23-40)15-17-27/h4-19,31,33,36,40H,3,20-24H2,1-2H3,(H2,38,39,42)/t31-,33+,36+/m0/s1. The second-order valence-electron chi connectivity index (χ2n) is 11.0. The van der Waals surface area contributed by atoms with Crippen LogP contribution in [0.25, 0.3) is 11.1 Å². The zero-order valence-electron chi connectivity index (χ0n) is 26.5. The molecule has 0 saturated carbocycles. The van der Waals surface area contributed by atoms with Crippen LogP contribution < -0.4 is 15.4 Å². The van der Waals surface area contributed by atoms with Gasteiger partial charge in [0.15, 0.2) is 6.29 Å². The Balaban J connectivity index is 1.31. The maximum absolute atomic E-state index is 12.2. The molecule has 1 fully saturated rings. The number of para-hydroxylation sites is 1. The van der Waals surface area contributed by atoms with Crippen molar-refractivity contribution in [2.24, 2.45) is 0 Å². The third-order valence-electron chi connectivity index (χ3n) is 7.68. The summed E-state index contributed by atoms with van der Waals surface area (Å²) in [5, 5.41) is 14.8. The van der Waals surface area contributed by atoms with Crippen molar-refractivity contribution in [2.75, 3.05) is 26.0 Å². The van der Waals surface area contributed by atoms with Crippen LogP contribution in [0.3, 0.4) is 0 Å². The summed E-state index contributed by atoms with van der Waals surface area (Å²) in [7, 11) is 1.68. The highest BCUT2D eigenvalue weighted by Gasteiger charge is 2.32. The maximum atomic E-state index is 12.2. The smallest absolute Gasteiger partial charge is 0.325 e. The van der Waals surface area contributed by atoms with E-state index in [1.807, 2.05) is 84.9 Å². The summed E-state index contributed by atoms with van der Waals surface area (Å²) in [6.07, 6.45) is -0.210. The van der Waals surface area contributed by atoms with Crippen molar-refractivity contribution in [1.29, 1.82) is 0 Å². The van der Waals surface area contributed by atoms with Crippen molar-refractivity contribution in [3.63, 3.8) is 0 Å². The fraction of sp³-hybridized carbons (Fsp3) is 0.297. The topological polar surface area (TPSA) is 115 Å². The first-order valence-electron chi connectivity index (χ1n) is 15.6. The second-order valence-corrected chi connectivity index (χ2v) is 12.0. The van der Waals surface area contributed by atoms with Gasteiger partial charge in [0.25, 0.3) is 0 Å². The number of hydrogen-bond donors (Lipinski definition) is 3. The number of ether oxygens (including phenoxy) is 4. The molecule has 47 heavy (non-hydrogen) atoms. The molecule has 0 unspecified atom stereocenters. The molecule has 0 bridgehead atoms. The number of hydrogen-bond acceptors (Lipinski definition) is 8. The van der Waals surface area contributed by atoms with E-state index in [4.69, 9.17) is 18.9 Å². The molecule has 10 heteroatoms. The van der Waals surface area contributed by atoms with Gasteiger partial charge in [0.1, 0.15) is 12.3 Å². The zero-order valence-corrected chi connectivity index (χ0v) is 27.3. The SMILES string of the molecule is CCOC(=O)CNC(=O)NCc1cccc(-c2cccc([C@@H]3O[C@H](CSc4ccccc4OC)C[C@H](c4ccc(CO)cc4)O3)c2)c1. The molecule has 4 aromatic carbocycles. The Morgan fingerprint density at radius 2 is 1.64 bits per heavy atom. The Hall–Kier alpha value is -4.35. The first-order chi connectivity index (χ1) is 22.9. The number of urea groups is 1. The normalized spacial score (nSPS) is 17.5. The number of benzene rings is 4. The van der Waals surface area contributed by atoms with Crippen LogP contribution >= 0.6 is 11.8 Å². The van der Waals surface area contributed by atoms with Gasteiger partial charge in [-0.3, -0.25) is 4.79 Å². The molecule has 1 aliphatic rings. The molecule has 5 rings (SSSR count). The van der Waals surface area contributed by atoms with Crippen LogP contribution in [0.2, 0.25) is 0 Å². The number of esters is 1. The molecule has 2 amide bonds. The summed E-state index contributed by atoms with van der Waals surface area (Å²) in [6, 6.07) is 31.4. The molecule has 1 saturated heterocycles. The van der Waals surface area contributed by atoms with Gasteiger partial charge in [-0.15, -0.1) is 11.8 Å². The molecule has 4 aromatic rings. The monoisotopic (exact) mass is 656 g/mol.